The van der Waals surface area contributed by atoms with Gasteiger partial charge in [0.25, 0.3) is 0 Å². The maximum absolute atomic E-state index is 12.6. The number of nitrogens with one attached hydrogen (secondary N) is 2. The van der Waals surface area contributed by atoms with E-state index in [9.17, 15) is 8.78 Å². The van der Waals surface area contributed by atoms with Gasteiger partial charge in [-0.15, -0.1) is 0 Å². The number of nitrogens with zero attached hydrogens (tertiary/aromatic N) is 2. The minimum Gasteiger partial charge on any atom is -0.433 e. The van der Waals surface area contributed by atoms with Gasteiger partial charge in [-0.2, -0.15) is 13.9 Å². The van der Waals surface area contributed by atoms with Crippen molar-refractivity contribution in [2.24, 2.45) is 0 Å². The van der Waals surface area contributed by atoms with E-state index in [2.05, 4.69) is 20.5 Å². The van der Waals surface area contributed by atoms with Crippen molar-refractivity contribution in [3.05, 3.63) is 69.3 Å². The van der Waals surface area contributed by atoms with Crippen molar-refractivity contribution < 1.29 is 13.5 Å². The van der Waals surface area contributed by atoms with Crippen LogP contribution in [-0.2, 0) is 6.54 Å². The Hall–Kier alpha value is -2.42. The molecule has 0 bridgehead atoms. The van der Waals surface area contributed by atoms with Crippen LogP contribution < -0.4 is 15.4 Å². The Labute approximate surface area is 187 Å². The molecule has 3 rings (SSSR count). The second-order valence-corrected chi connectivity index (χ2v) is 7.76. The van der Waals surface area contributed by atoms with Gasteiger partial charge in [0, 0.05) is 11.8 Å². The molecule has 5 nitrogen and oxygen atoms in total. The van der Waals surface area contributed by atoms with Gasteiger partial charge in [0.1, 0.15) is 5.75 Å². The Morgan fingerprint density at radius 2 is 1.87 bits per heavy atom. The first-order valence-electron chi connectivity index (χ1n) is 8.83. The quantitative estimate of drug-likeness (QED) is 0.416. The van der Waals surface area contributed by atoms with E-state index < -0.39 is 6.61 Å². The molecule has 2 aromatic carbocycles. The molecule has 0 saturated heterocycles. The summed E-state index contributed by atoms with van der Waals surface area (Å²) in [6.45, 7) is 1.30. The van der Waals surface area contributed by atoms with Crippen molar-refractivity contribution in [2.75, 3.05) is 10.6 Å². The van der Waals surface area contributed by atoms with Crippen LogP contribution in [0, 0.1) is 13.8 Å². The number of alkyl halides is 2. The van der Waals surface area contributed by atoms with Gasteiger partial charge < -0.3 is 15.4 Å². The highest BCUT2D eigenvalue weighted by Gasteiger charge is 2.13. The van der Waals surface area contributed by atoms with Crippen LogP contribution in [0.3, 0.4) is 0 Å². The third-order valence-electron chi connectivity index (χ3n) is 4.14. The lowest BCUT2D eigenvalue weighted by molar-refractivity contribution is -0.0493. The van der Waals surface area contributed by atoms with Crippen molar-refractivity contribution in [3.63, 3.8) is 0 Å². The van der Waals surface area contributed by atoms with Gasteiger partial charge in [0.05, 0.1) is 22.3 Å². The summed E-state index contributed by atoms with van der Waals surface area (Å²) in [6.07, 6.45) is 0. The van der Waals surface area contributed by atoms with Gasteiger partial charge in [-0.05, 0) is 61.5 Å². The Morgan fingerprint density at radius 1 is 1.10 bits per heavy atom. The predicted octanol–water partition coefficient (Wildman–Crippen LogP) is 6.27. The van der Waals surface area contributed by atoms with Crippen LogP contribution in [0.4, 0.5) is 20.3 Å². The Morgan fingerprint density at radius 3 is 2.57 bits per heavy atom. The number of anilines is 2. The van der Waals surface area contributed by atoms with Crippen molar-refractivity contribution in [3.8, 4) is 5.75 Å². The molecule has 0 unspecified atom stereocenters. The van der Waals surface area contributed by atoms with Crippen LogP contribution in [0.1, 0.15) is 16.8 Å². The van der Waals surface area contributed by atoms with Crippen molar-refractivity contribution in [1.82, 2.24) is 9.78 Å². The molecule has 30 heavy (non-hydrogen) atoms. The largest absolute Gasteiger partial charge is 0.433 e. The highest BCUT2D eigenvalue weighted by molar-refractivity contribution is 7.80. The topological polar surface area (TPSA) is 51.1 Å². The summed E-state index contributed by atoms with van der Waals surface area (Å²) in [5.74, 6) is 0.509. The number of hydrogen-bond acceptors (Lipinski definition) is 3. The summed E-state index contributed by atoms with van der Waals surface area (Å²) in [5, 5.41) is 11.5. The third-order valence-corrected chi connectivity index (χ3v) is 5.08. The summed E-state index contributed by atoms with van der Waals surface area (Å²) < 4.78 is 31.6. The van der Waals surface area contributed by atoms with E-state index >= 15 is 0 Å². The minimum absolute atomic E-state index is 0.000997. The van der Waals surface area contributed by atoms with Gasteiger partial charge in [-0.25, -0.2) is 0 Å². The fraction of sp³-hybridized carbons (Fsp3) is 0.200. The predicted molar refractivity (Wildman–Crippen MR) is 120 cm³/mol. The van der Waals surface area contributed by atoms with E-state index in [1.54, 1.807) is 28.9 Å². The number of thiocarbonyl (C=S) groups is 1. The van der Waals surface area contributed by atoms with Crippen molar-refractivity contribution >= 4 is 52.0 Å². The van der Waals surface area contributed by atoms with E-state index in [0.717, 1.165) is 16.8 Å². The van der Waals surface area contributed by atoms with Crippen LogP contribution >= 0.6 is 35.4 Å². The second kappa shape index (κ2) is 9.59. The zero-order valence-electron chi connectivity index (χ0n) is 16.0. The Kier molecular flexibility index (Phi) is 7.12. The van der Waals surface area contributed by atoms with Crippen molar-refractivity contribution in [2.45, 2.75) is 27.0 Å². The number of ether oxygens (including phenoxy) is 1. The summed E-state index contributed by atoms with van der Waals surface area (Å²) in [7, 11) is 0. The molecular formula is C20H18Cl2F2N4OS. The molecule has 1 heterocycles. The average Bonchev–Trinajstić information content (AvgIpc) is 2.99. The van der Waals surface area contributed by atoms with Crippen molar-refractivity contribution in [1.29, 1.82) is 0 Å². The average molecular weight is 471 g/mol. The highest BCUT2D eigenvalue weighted by atomic mass is 35.5. The van der Waals surface area contributed by atoms with Gasteiger partial charge in [-0.3, -0.25) is 4.68 Å². The number of aryl methyl sites for hydroxylation is 2. The number of rotatable bonds is 6. The zero-order valence-corrected chi connectivity index (χ0v) is 18.4. The lowest BCUT2D eigenvalue weighted by Crippen LogP contribution is -2.20. The first kappa shape index (κ1) is 22.3. The van der Waals surface area contributed by atoms with Crippen LogP contribution in [0.15, 0.2) is 42.5 Å². The molecule has 0 aliphatic carbocycles. The van der Waals surface area contributed by atoms with E-state index in [0.29, 0.717) is 28.1 Å². The Bertz CT molecular complexity index is 1070. The number of halogens is 4. The standard InChI is InChI=1S/C20H18Cl2F2N4OS/c1-11-3-6-17(29-19(23)24)16(7-11)25-20(30)26-18-8-12(2)28(27-18)10-13-4-5-14(21)15(22)9-13/h3-9,19H,10H2,1-2H3,(H2,25,26,27,30). The zero-order chi connectivity index (χ0) is 21.8. The molecule has 0 fully saturated rings. The van der Waals surface area contributed by atoms with Crippen LogP contribution in [0.25, 0.3) is 0 Å². The van der Waals surface area contributed by atoms with Gasteiger partial charge in [0.2, 0.25) is 0 Å². The molecule has 0 aliphatic heterocycles. The van der Waals surface area contributed by atoms with E-state index in [-0.39, 0.29) is 10.9 Å². The molecule has 2 N–H and O–H groups in total. The Balaban J connectivity index is 1.70. The first-order chi connectivity index (χ1) is 14.2. The van der Waals surface area contributed by atoms with Crippen LogP contribution in [-0.4, -0.2) is 21.5 Å². The fourth-order valence-electron chi connectivity index (χ4n) is 2.75. The highest BCUT2D eigenvalue weighted by Crippen LogP contribution is 2.27. The molecule has 0 spiro atoms. The third kappa shape index (κ3) is 5.81. The lowest BCUT2D eigenvalue weighted by Gasteiger charge is -2.14. The van der Waals surface area contributed by atoms with E-state index in [4.69, 9.17) is 35.4 Å². The molecule has 0 atom stereocenters. The maximum Gasteiger partial charge on any atom is 0.387 e. The summed E-state index contributed by atoms with van der Waals surface area (Å²) in [5.41, 5.74) is 3.03. The van der Waals surface area contributed by atoms with Gasteiger partial charge >= 0.3 is 6.61 Å². The molecule has 1 aromatic heterocycles. The summed E-state index contributed by atoms with van der Waals surface area (Å²) in [4.78, 5) is 0. The molecule has 10 heteroatoms. The van der Waals surface area contributed by atoms with E-state index in [1.807, 2.05) is 26.0 Å². The lowest BCUT2D eigenvalue weighted by atomic mass is 10.2. The molecule has 158 valence electrons. The summed E-state index contributed by atoms with van der Waals surface area (Å²) in [6, 6.07) is 12.0. The SMILES string of the molecule is Cc1ccc(OC(F)F)c(NC(=S)Nc2cc(C)n(Cc3ccc(Cl)c(Cl)c3)n2)c1. The first-order valence-corrected chi connectivity index (χ1v) is 9.99. The maximum atomic E-state index is 12.6. The number of hydrogen-bond donors (Lipinski definition) is 2. The number of aromatic nitrogens is 2. The molecule has 3 aromatic rings. The normalized spacial score (nSPS) is 10.9. The molecule has 0 saturated carbocycles. The molecule has 0 aliphatic rings. The monoisotopic (exact) mass is 470 g/mol. The van der Waals surface area contributed by atoms with Gasteiger partial charge in [0.15, 0.2) is 10.9 Å². The molecule has 0 amide bonds. The van der Waals surface area contributed by atoms with E-state index in [1.165, 1.54) is 6.07 Å². The van der Waals surface area contributed by atoms with Crippen LogP contribution in [0.5, 0.6) is 5.75 Å². The fourth-order valence-corrected chi connectivity index (χ4v) is 3.29. The molecular weight excluding hydrogens is 453 g/mol. The van der Waals surface area contributed by atoms with Gasteiger partial charge in [-0.1, -0.05) is 35.3 Å². The summed E-state index contributed by atoms with van der Waals surface area (Å²) >= 11 is 17.3. The second-order valence-electron chi connectivity index (χ2n) is 6.53. The minimum atomic E-state index is -2.94. The smallest absolute Gasteiger partial charge is 0.387 e. The number of benzene rings is 2. The molecule has 0 radical (unpaired) electrons. The van der Waals surface area contributed by atoms with Crippen LogP contribution in [0.2, 0.25) is 10.0 Å².